The van der Waals surface area contributed by atoms with Gasteiger partial charge in [-0.15, -0.1) is 0 Å². The summed E-state index contributed by atoms with van der Waals surface area (Å²) in [6.07, 6.45) is 6.69. The second-order valence-electron chi connectivity index (χ2n) is 3.51. The molecule has 0 aliphatic rings. The minimum Gasteiger partial charge on any atom is -0.322 e. The van der Waals surface area contributed by atoms with Crippen molar-refractivity contribution >= 4 is 17.4 Å². The van der Waals surface area contributed by atoms with Gasteiger partial charge in [-0.1, -0.05) is 30.4 Å². The fourth-order valence-electron chi connectivity index (χ4n) is 1.25. The van der Waals surface area contributed by atoms with Crippen LogP contribution in [0.25, 0.3) is 0 Å². The van der Waals surface area contributed by atoms with Crippen LogP contribution in [-0.2, 0) is 4.79 Å². The van der Waals surface area contributed by atoms with Gasteiger partial charge in [0.15, 0.2) is 5.78 Å². The largest absolute Gasteiger partial charge is 0.322 e. The van der Waals surface area contributed by atoms with Crippen LogP contribution in [0.5, 0.6) is 0 Å². The highest BCUT2D eigenvalue weighted by Crippen LogP contribution is 2.11. The number of allylic oxidation sites excluding steroid dienone is 3. The molecule has 88 valence electrons. The first-order valence-corrected chi connectivity index (χ1v) is 5.35. The quantitative estimate of drug-likeness (QED) is 0.490. The smallest absolute Gasteiger partial charge is 0.248 e. The first kappa shape index (κ1) is 12.9. The summed E-state index contributed by atoms with van der Waals surface area (Å²) in [7, 11) is 0. The molecule has 1 amide bonds. The highest BCUT2D eigenvalue weighted by Gasteiger charge is 2.01. The number of amides is 1. The molecular formula is C14H15NO2. The van der Waals surface area contributed by atoms with Gasteiger partial charge in [0.2, 0.25) is 5.91 Å². The molecule has 0 radical (unpaired) electrons. The first-order chi connectivity index (χ1) is 8.13. The molecule has 1 aromatic rings. The number of benzene rings is 1. The highest BCUT2D eigenvalue weighted by atomic mass is 16.1. The number of carbonyl (C=O) groups excluding carboxylic acids is 2. The summed E-state index contributed by atoms with van der Waals surface area (Å²) < 4.78 is 0. The molecule has 0 saturated carbocycles. The van der Waals surface area contributed by atoms with E-state index < -0.39 is 0 Å². The van der Waals surface area contributed by atoms with Crippen LogP contribution < -0.4 is 5.32 Å². The molecule has 0 aromatic heterocycles. The van der Waals surface area contributed by atoms with Crippen LogP contribution >= 0.6 is 0 Å². The van der Waals surface area contributed by atoms with E-state index in [0.29, 0.717) is 11.3 Å². The van der Waals surface area contributed by atoms with Crippen molar-refractivity contribution in [2.24, 2.45) is 0 Å². The maximum atomic E-state index is 11.5. The van der Waals surface area contributed by atoms with Crippen molar-refractivity contribution in [3.05, 3.63) is 54.1 Å². The van der Waals surface area contributed by atoms with E-state index in [9.17, 15) is 9.59 Å². The van der Waals surface area contributed by atoms with Crippen molar-refractivity contribution in [3.8, 4) is 0 Å². The van der Waals surface area contributed by atoms with E-state index in [1.165, 1.54) is 13.0 Å². The Labute approximate surface area is 101 Å². The fourth-order valence-corrected chi connectivity index (χ4v) is 1.25. The number of anilines is 1. The van der Waals surface area contributed by atoms with E-state index in [1.54, 1.807) is 36.4 Å². The second kappa shape index (κ2) is 6.43. The summed E-state index contributed by atoms with van der Waals surface area (Å²) >= 11 is 0. The van der Waals surface area contributed by atoms with Crippen LogP contribution in [0, 0.1) is 0 Å². The molecule has 17 heavy (non-hydrogen) atoms. The zero-order valence-electron chi connectivity index (χ0n) is 9.94. The molecule has 0 saturated heterocycles. The van der Waals surface area contributed by atoms with Crippen molar-refractivity contribution in [1.82, 2.24) is 0 Å². The second-order valence-corrected chi connectivity index (χ2v) is 3.51. The average Bonchev–Trinajstić information content (AvgIpc) is 2.29. The van der Waals surface area contributed by atoms with Gasteiger partial charge < -0.3 is 5.32 Å². The van der Waals surface area contributed by atoms with Crippen LogP contribution in [-0.4, -0.2) is 11.7 Å². The lowest BCUT2D eigenvalue weighted by Gasteiger charge is -2.03. The van der Waals surface area contributed by atoms with Gasteiger partial charge in [-0.2, -0.15) is 0 Å². The summed E-state index contributed by atoms with van der Waals surface area (Å²) in [5.41, 5.74) is 1.20. The van der Waals surface area contributed by atoms with Gasteiger partial charge in [0, 0.05) is 17.3 Å². The normalized spacial score (nSPS) is 10.9. The van der Waals surface area contributed by atoms with Gasteiger partial charge in [-0.05, 0) is 26.0 Å². The molecule has 0 aliphatic heterocycles. The SMILES string of the molecule is C/C=C/C=C/C(=O)Nc1cccc(C(C)=O)c1. The van der Waals surface area contributed by atoms with E-state index in [4.69, 9.17) is 0 Å². The number of hydrogen-bond donors (Lipinski definition) is 1. The fraction of sp³-hybridized carbons (Fsp3) is 0.143. The van der Waals surface area contributed by atoms with Crippen LogP contribution in [0.1, 0.15) is 24.2 Å². The molecule has 1 rings (SSSR count). The summed E-state index contributed by atoms with van der Waals surface area (Å²) in [6.45, 7) is 3.37. The molecule has 0 unspecified atom stereocenters. The minimum absolute atomic E-state index is 0.0226. The lowest BCUT2D eigenvalue weighted by molar-refractivity contribution is -0.111. The molecular weight excluding hydrogens is 214 g/mol. The minimum atomic E-state index is -0.219. The third kappa shape index (κ3) is 4.47. The predicted octanol–water partition coefficient (Wildman–Crippen LogP) is 2.96. The topological polar surface area (TPSA) is 46.2 Å². The average molecular weight is 229 g/mol. The molecule has 3 nitrogen and oxygen atoms in total. The molecule has 1 aromatic carbocycles. The van der Waals surface area contributed by atoms with E-state index in [-0.39, 0.29) is 11.7 Å². The highest BCUT2D eigenvalue weighted by molar-refractivity contribution is 6.01. The number of nitrogens with one attached hydrogen (secondary N) is 1. The van der Waals surface area contributed by atoms with Crippen molar-refractivity contribution < 1.29 is 9.59 Å². The van der Waals surface area contributed by atoms with Gasteiger partial charge in [-0.3, -0.25) is 9.59 Å². The van der Waals surface area contributed by atoms with Gasteiger partial charge in [0.25, 0.3) is 0 Å². The van der Waals surface area contributed by atoms with Gasteiger partial charge >= 0.3 is 0 Å². The molecule has 0 atom stereocenters. The van der Waals surface area contributed by atoms with Crippen LogP contribution in [0.3, 0.4) is 0 Å². The Kier molecular flexibility index (Phi) is 4.88. The molecule has 1 N–H and O–H groups in total. The lowest BCUT2D eigenvalue weighted by atomic mass is 10.1. The van der Waals surface area contributed by atoms with E-state index >= 15 is 0 Å². The zero-order valence-corrected chi connectivity index (χ0v) is 9.94. The molecule has 3 heteroatoms. The third-order valence-corrected chi connectivity index (χ3v) is 2.09. The maximum Gasteiger partial charge on any atom is 0.248 e. The van der Waals surface area contributed by atoms with Crippen molar-refractivity contribution in [2.45, 2.75) is 13.8 Å². The third-order valence-electron chi connectivity index (χ3n) is 2.09. The number of Topliss-reactive ketones (excluding diaryl/α,β-unsaturated/α-hetero) is 1. The van der Waals surface area contributed by atoms with Crippen molar-refractivity contribution in [3.63, 3.8) is 0 Å². The monoisotopic (exact) mass is 229 g/mol. The molecule has 0 bridgehead atoms. The number of rotatable bonds is 4. The predicted molar refractivity (Wildman–Crippen MR) is 69.0 cm³/mol. The van der Waals surface area contributed by atoms with E-state index in [2.05, 4.69) is 5.32 Å². The van der Waals surface area contributed by atoms with Gasteiger partial charge in [0.05, 0.1) is 0 Å². The van der Waals surface area contributed by atoms with Gasteiger partial charge in [-0.25, -0.2) is 0 Å². The molecule has 0 spiro atoms. The Morgan fingerprint density at radius 2 is 2.00 bits per heavy atom. The van der Waals surface area contributed by atoms with Crippen LogP contribution in [0.2, 0.25) is 0 Å². The molecule has 0 heterocycles. The maximum absolute atomic E-state index is 11.5. The number of carbonyl (C=O) groups is 2. The summed E-state index contributed by atoms with van der Waals surface area (Å²) in [6, 6.07) is 6.85. The Morgan fingerprint density at radius 1 is 1.24 bits per heavy atom. The van der Waals surface area contributed by atoms with Crippen molar-refractivity contribution in [2.75, 3.05) is 5.32 Å². The summed E-state index contributed by atoms with van der Waals surface area (Å²) in [5.74, 6) is -0.241. The summed E-state index contributed by atoms with van der Waals surface area (Å²) in [5, 5.41) is 2.68. The van der Waals surface area contributed by atoms with Crippen molar-refractivity contribution in [1.29, 1.82) is 0 Å². The number of hydrogen-bond acceptors (Lipinski definition) is 2. The Balaban J connectivity index is 2.71. The van der Waals surface area contributed by atoms with E-state index in [0.717, 1.165) is 0 Å². The van der Waals surface area contributed by atoms with Gasteiger partial charge in [0.1, 0.15) is 0 Å². The van der Waals surface area contributed by atoms with Crippen LogP contribution in [0.4, 0.5) is 5.69 Å². The Hall–Kier alpha value is -2.16. The standard InChI is InChI=1S/C14H15NO2/c1-3-4-5-9-14(17)15-13-8-6-7-12(10-13)11(2)16/h3-10H,1-2H3,(H,15,17)/b4-3+,9-5+. The zero-order chi connectivity index (χ0) is 12.7. The molecule has 0 fully saturated rings. The first-order valence-electron chi connectivity index (χ1n) is 5.35. The van der Waals surface area contributed by atoms with E-state index in [1.807, 2.05) is 13.0 Å². The Morgan fingerprint density at radius 3 is 2.65 bits per heavy atom. The number of ketones is 1. The Bertz CT molecular complexity index is 473. The molecule has 0 aliphatic carbocycles. The lowest BCUT2D eigenvalue weighted by Crippen LogP contribution is -2.08. The summed E-state index contributed by atoms with van der Waals surface area (Å²) in [4.78, 5) is 22.6. The van der Waals surface area contributed by atoms with Crippen LogP contribution in [0.15, 0.2) is 48.6 Å².